The van der Waals surface area contributed by atoms with Crippen LogP contribution in [0.4, 0.5) is 8.78 Å². The summed E-state index contributed by atoms with van der Waals surface area (Å²) in [5.41, 5.74) is 1.02. The molecule has 0 saturated heterocycles. The zero-order valence-electron chi connectivity index (χ0n) is 10.2. The Morgan fingerprint density at radius 2 is 2.17 bits per heavy atom. The Hall–Kier alpha value is -1.33. The molecule has 1 unspecified atom stereocenters. The van der Waals surface area contributed by atoms with Gasteiger partial charge in [0, 0.05) is 10.9 Å². The third kappa shape index (κ3) is 2.57. The summed E-state index contributed by atoms with van der Waals surface area (Å²) in [6, 6.07) is 3.81. The van der Waals surface area contributed by atoms with Crippen LogP contribution in [-0.2, 0) is 0 Å². The molecular weight excluding hydrogens is 254 g/mol. The molecule has 0 aliphatic rings. The Kier molecular flexibility index (Phi) is 4.04. The number of nitrogens with zero attached hydrogens (tertiary/aromatic N) is 1. The quantitative estimate of drug-likeness (QED) is 0.919. The first kappa shape index (κ1) is 13.1. The molecule has 0 radical (unpaired) electrons. The topological polar surface area (TPSA) is 24.9 Å². The summed E-state index contributed by atoms with van der Waals surface area (Å²) in [6.45, 7) is 4.46. The first-order chi connectivity index (χ1) is 8.63. The van der Waals surface area contributed by atoms with Gasteiger partial charge in [0.2, 0.25) is 0 Å². The van der Waals surface area contributed by atoms with Gasteiger partial charge in [-0.3, -0.25) is 0 Å². The highest BCUT2D eigenvalue weighted by molar-refractivity contribution is 7.09. The van der Waals surface area contributed by atoms with Gasteiger partial charge in [-0.05, 0) is 19.5 Å². The van der Waals surface area contributed by atoms with Crippen LogP contribution in [-0.4, -0.2) is 11.5 Å². The van der Waals surface area contributed by atoms with E-state index in [0.29, 0.717) is 12.1 Å². The molecule has 96 valence electrons. The number of aryl methyl sites for hydroxylation is 1. The monoisotopic (exact) mass is 268 g/mol. The van der Waals surface area contributed by atoms with Crippen molar-refractivity contribution < 1.29 is 8.78 Å². The molecule has 0 fully saturated rings. The molecular formula is C13H14F2N2S. The SMILES string of the molecule is CCNC(c1csc(C)n1)c1cccc(F)c1F. The number of aromatic nitrogens is 1. The molecule has 2 rings (SSSR count). The molecule has 0 bridgehead atoms. The highest BCUT2D eigenvalue weighted by atomic mass is 32.1. The number of hydrogen-bond acceptors (Lipinski definition) is 3. The van der Waals surface area contributed by atoms with Crippen LogP contribution >= 0.6 is 11.3 Å². The fourth-order valence-corrected chi connectivity index (χ4v) is 2.47. The first-order valence-corrected chi connectivity index (χ1v) is 6.60. The number of rotatable bonds is 4. The van der Waals surface area contributed by atoms with E-state index in [4.69, 9.17) is 0 Å². The number of hydrogen-bond donors (Lipinski definition) is 1. The highest BCUT2D eigenvalue weighted by Gasteiger charge is 2.21. The molecule has 0 aliphatic carbocycles. The second kappa shape index (κ2) is 5.54. The van der Waals surface area contributed by atoms with Crippen LogP contribution < -0.4 is 5.32 Å². The van der Waals surface area contributed by atoms with E-state index >= 15 is 0 Å². The maximum absolute atomic E-state index is 13.8. The van der Waals surface area contributed by atoms with Crippen LogP contribution in [0.25, 0.3) is 0 Å². The fourth-order valence-electron chi connectivity index (χ4n) is 1.83. The molecule has 0 saturated carbocycles. The third-order valence-corrected chi connectivity index (χ3v) is 3.42. The number of halogens is 2. The Labute approximate surface area is 109 Å². The first-order valence-electron chi connectivity index (χ1n) is 5.72. The predicted octanol–water partition coefficient (Wildman–Crippen LogP) is 3.43. The average molecular weight is 268 g/mol. The van der Waals surface area contributed by atoms with Crippen molar-refractivity contribution in [1.29, 1.82) is 0 Å². The van der Waals surface area contributed by atoms with Gasteiger partial charge in [-0.25, -0.2) is 13.8 Å². The van der Waals surface area contributed by atoms with Crippen LogP contribution in [0, 0.1) is 18.6 Å². The van der Waals surface area contributed by atoms with E-state index in [-0.39, 0.29) is 0 Å². The minimum absolute atomic E-state index is 0.294. The van der Waals surface area contributed by atoms with E-state index in [1.165, 1.54) is 17.4 Å². The molecule has 1 N–H and O–H groups in total. The van der Waals surface area contributed by atoms with E-state index in [1.54, 1.807) is 6.07 Å². The van der Waals surface area contributed by atoms with Crippen molar-refractivity contribution in [2.24, 2.45) is 0 Å². The normalized spacial score (nSPS) is 12.7. The molecule has 1 heterocycles. The van der Waals surface area contributed by atoms with Gasteiger partial charge in [-0.15, -0.1) is 11.3 Å². The van der Waals surface area contributed by atoms with Gasteiger partial charge in [0.05, 0.1) is 16.7 Å². The molecule has 18 heavy (non-hydrogen) atoms. The predicted molar refractivity (Wildman–Crippen MR) is 68.7 cm³/mol. The molecule has 2 aromatic rings. The second-order valence-corrected chi connectivity index (χ2v) is 4.99. The lowest BCUT2D eigenvalue weighted by molar-refractivity contribution is 0.481. The minimum atomic E-state index is -0.831. The van der Waals surface area contributed by atoms with Crippen molar-refractivity contribution in [2.45, 2.75) is 19.9 Å². The zero-order chi connectivity index (χ0) is 13.1. The van der Waals surface area contributed by atoms with Gasteiger partial charge in [0.25, 0.3) is 0 Å². The van der Waals surface area contributed by atoms with Crippen molar-refractivity contribution in [3.05, 3.63) is 51.5 Å². The Balaban J connectivity index is 2.44. The Morgan fingerprint density at radius 1 is 1.39 bits per heavy atom. The van der Waals surface area contributed by atoms with Crippen LogP contribution in [0.5, 0.6) is 0 Å². The Morgan fingerprint density at radius 3 is 2.78 bits per heavy atom. The van der Waals surface area contributed by atoms with Gasteiger partial charge in [0.15, 0.2) is 11.6 Å². The summed E-state index contributed by atoms with van der Waals surface area (Å²) in [5, 5.41) is 5.91. The molecule has 2 nitrogen and oxygen atoms in total. The van der Waals surface area contributed by atoms with Gasteiger partial charge >= 0.3 is 0 Å². The summed E-state index contributed by atoms with van der Waals surface area (Å²) in [6.07, 6.45) is 0. The van der Waals surface area contributed by atoms with Crippen LogP contribution in [0.15, 0.2) is 23.6 Å². The smallest absolute Gasteiger partial charge is 0.163 e. The van der Waals surface area contributed by atoms with E-state index in [1.807, 2.05) is 19.2 Å². The highest BCUT2D eigenvalue weighted by Crippen LogP contribution is 2.26. The van der Waals surface area contributed by atoms with E-state index in [0.717, 1.165) is 16.8 Å². The lowest BCUT2D eigenvalue weighted by Crippen LogP contribution is -2.23. The second-order valence-electron chi connectivity index (χ2n) is 3.93. The van der Waals surface area contributed by atoms with Crippen molar-refractivity contribution in [1.82, 2.24) is 10.3 Å². The van der Waals surface area contributed by atoms with Gasteiger partial charge in [-0.1, -0.05) is 19.1 Å². The molecule has 1 aromatic heterocycles. The van der Waals surface area contributed by atoms with Crippen LogP contribution in [0.1, 0.15) is 29.2 Å². The van der Waals surface area contributed by atoms with Gasteiger partial charge in [-0.2, -0.15) is 0 Å². The molecule has 0 spiro atoms. The minimum Gasteiger partial charge on any atom is -0.305 e. The van der Waals surface area contributed by atoms with Crippen molar-refractivity contribution in [2.75, 3.05) is 6.54 Å². The standard InChI is InChI=1S/C13H14F2N2S/c1-3-16-13(11-7-18-8(2)17-11)9-5-4-6-10(14)12(9)15/h4-7,13,16H,3H2,1-2H3. The van der Waals surface area contributed by atoms with Crippen molar-refractivity contribution >= 4 is 11.3 Å². The largest absolute Gasteiger partial charge is 0.305 e. The molecule has 0 amide bonds. The lowest BCUT2D eigenvalue weighted by Gasteiger charge is -2.17. The van der Waals surface area contributed by atoms with E-state index in [2.05, 4.69) is 10.3 Å². The summed E-state index contributed by atoms with van der Waals surface area (Å²) in [4.78, 5) is 4.34. The number of nitrogens with one attached hydrogen (secondary N) is 1. The fraction of sp³-hybridized carbons (Fsp3) is 0.308. The number of benzene rings is 1. The van der Waals surface area contributed by atoms with Crippen LogP contribution in [0.2, 0.25) is 0 Å². The summed E-state index contributed by atoms with van der Waals surface area (Å²) < 4.78 is 27.1. The zero-order valence-corrected chi connectivity index (χ0v) is 11.0. The maximum atomic E-state index is 13.8. The number of thiazole rings is 1. The third-order valence-electron chi connectivity index (χ3n) is 2.63. The summed E-state index contributed by atoms with van der Waals surface area (Å²) >= 11 is 1.50. The molecule has 5 heteroatoms. The van der Waals surface area contributed by atoms with Gasteiger partial charge in [0.1, 0.15) is 0 Å². The van der Waals surface area contributed by atoms with E-state index < -0.39 is 17.7 Å². The van der Waals surface area contributed by atoms with Crippen LogP contribution in [0.3, 0.4) is 0 Å². The lowest BCUT2D eigenvalue weighted by atomic mass is 10.0. The molecule has 1 aromatic carbocycles. The summed E-state index contributed by atoms with van der Waals surface area (Å²) in [5.74, 6) is -1.64. The van der Waals surface area contributed by atoms with Crippen molar-refractivity contribution in [3.8, 4) is 0 Å². The summed E-state index contributed by atoms with van der Waals surface area (Å²) in [7, 11) is 0. The maximum Gasteiger partial charge on any atom is 0.163 e. The van der Waals surface area contributed by atoms with Gasteiger partial charge < -0.3 is 5.32 Å². The van der Waals surface area contributed by atoms with E-state index in [9.17, 15) is 8.78 Å². The molecule has 0 aliphatic heterocycles. The molecule has 1 atom stereocenters. The average Bonchev–Trinajstić information content (AvgIpc) is 2.77. The Bertz CT molecular complexity index is 540. The van der Waals surface area contributed by atoms with Crippen molar-refractivity contribution in [3.63, 3.8) is 0 Å².